The summed E-state index contributed by atoms with van der Waals surface area (Å²) in [4.78, 5) is 24.4. The maximum absolute atomic E-state index is 12.2. The minimum Gasteiger partial charge on any atom is -0.462 e. The van der Waals surface area contributed by atoms with Crippen LogP contribution in [-0.2, 0) is 4.74 Å². The van der Waals surface area contributed by atoms with Gasteiger partial charge in [0.15, 0.2) is 0 Å². The maximum atomic E-state index is 12.2. The largest absolute Gasteiger partial charge is 0.462 e. The monoisotopic (exact) mass is 368 g/mol. The number of carbonyl (C=O) groups is 2. The summed E-state index contributed by atoms with van der Waals surface area (Å²) in [5, 5.41) is 0. The third-order valence-electron chi connectivity index (χ3n) is 4.27. The molecule has 0 aliphatic carbocycles. The van der Waals surface area contributed by atoms with Gasteiger partial charge < -0.3 is 9.47 Å². The molecule has 0 radical (unpaired) electrons. The number of benzene rings is 2. The third kappa shape index (κ3) is 7.65. The van der Waals surface area contributed by atoms with Crippen molar-refractivity contribution < 1.29 is 19.1 Å². The molecule has 0 spiro atoms. The van der Waals surface area contributed by atoms with Gasteiger partial charge in [0, 0.05) is 0 Å². The van der Waals surface area contributed by atoms with Crippen LogP contribution in [0.25, 0.3) is 0 Å². The smallest absolute Gasteiger partial charge is 0.343 e. The van der Waals surface area contributed by atoms with Gasteiger partial charge in [0.2, 0.25) is 0 Å². The van der Waals surface area contributed by atoms with Gasteiger partial charge in [0.25, 0.3) is 0 Å². The van der Waals surface area contributed by atoms with Gasteiger partial charge in [-0.25, -0.2) is 9.59 Å². The van der Waals surface area contributed by atoms with Crippen LogP contribution in [0, 0.1) is 0 Å². The molecule has 0 aliphatic rings. The quantitative estimate of drug-likeness (QED) is 0.285. The Morgan fingerprint density at radius 2 is 1.37 bits per heavy atom. The third-order valence-corrected chi connectivity index (χ3v) is 4.27. The fourth-order valence-electron chi connectivity index (χ4n) is 2.74. The van der Waals surface area contributed by atoms with E-state index in [-0.39, 0.29) is 0 Å². The Labute approximate surface area is 161 Å². The van der Waals surface area contributed by atoms with Crippen molar-refractivity contribution in [1.82, 2.24) is 0 Å². The van der Waals surface area contributed by atoms with E-state index in [2.05, 4.69) is 6.92 Å². The average molecular weight is 368 g/mol. The van der Waals surface area contributed by atoms with E-state index in [0.29, 0.717) is 23.5 Å². The van der Waals surface area contributed by atoms with Crippen molar-refractivity contribution in [2.24, 2.45) is 0 Å². The summed E-state index contributed by atoms with van der Waals surface area (Å²) in [6, 6.07) is 15.3. The normalized spacial score (nSPS) is 10.4. The van der Waals surface area contributed by atoms with Gasteiger partial charge in [-0.05, 0) is 36.8 Å². The molecule has 27 heavy (non-hydrogen) atoms. The van der Waals surface area contributed by atoms with Crippen LogP contribution in [0.2, 0.25) is 0 Å². The SMILES string of the molecule is CCCCCCCCCOC(=O)c1cccc(C(=O)Oc2ccccc2)c1. The molecule has 2 aromatic carbocycles. The van der Waals surface area contributed by atoms with Crippen molar-refractivity contribution >= 4 is 11.9 Å². The fourth-order valence-corrected chi connectivity index (χ4v) is 2.74. The van der Waals surface area contributed by atoms with Gasteiger partial charge in [0.05, 0.1) is 17.7 Å². The molecule has 0 saturated heterocycles. The van der Waals surface area contributed by atoms with Crippen LogP contribution >= 0.6 is 0 Å². The van der Waals surface area contributed by atoms with Crippen LogP contribution in [0.15, 0.2) is 54.6 Å². The second kappa shape index (κ2) is 11.9. The number of hydrogen-bond donors (Lipinski definition) is 0. The summed E-state index contributed by atoms with van der Waals surface area (Å²) in [6.45, 7) is 2.61. The molecule has 0 amide bonds. The first-order valence-corrected chi connectivity index (χ1v) is 9.75. The first-order valence-electron chi connectivity index (χ1n) is 9.75. The second-order valence-electron chi connectivity index (χ2n) is 6.54. The van der Waals surface area contributed by atoms with E-state index in [4.69, 9.17) is 9.47 Å². The lowest BCUT2D eigenvalue weighted by Gasteiger charge is -2.07. The minimum atomic E-state index is -0.497. The summed E-state index contributed by atoms with van der Waals surface area (Å²) in [7, 11) is 0. The Hall–Kier alpha value is -2.62. The van der Waals surface area contributed by atoms with Crippen LogP contribution in [0.1, 0.15) is 72.6 Å². The number of unbranched alkanes of at least 4 members (excludes halogenated alkanes) is 6. The van der Waals surface area contributed by atoms with E-state index >= 15 is 0 Å². The summed E-state index contributed by atoms with van der Waals surface area (Å²) in [5.74, 6) is -0.437. The number of rotatable bonds is 11. The molecule has 0 atom stereocenters. The second-order valence-corrected chi connectivity index (χ2v) is 6.54. The topological polar surface area (TPSA) is 52.6 Å². The Kier molecular flexibility index (Phi) is 9.11. The molecule has 0 unspecified atom stereocenters. The highest BCUT2D eigenvalue weighted by Crippen LogP contribution is 2.14. The van der Waals surface area contributed by atoms with Crippen LogP contribution in [-0.4, -0.2) is 18.5 Å². The van der Waals surface area contributed by atoms with E-state index in [1.165, 1.54) is 38.2 Å². The summed E-state index contributed by atoms with van der Waals surface area (Å²) in [6.07, 6.45) is 8.18. The standard InChI is InChI=1S/C23H28O4/c1-2-3-4-5-6-7-11-17-26-22(24)19-13-12-14-20(18-19)23(25)27-21-15-9-8-10-16-21/h8-10,12-16,18H,2-7,11,17H2,1H3. The number of esters is 2. The zero-order valence-corrected chi connectivity index (χ0v) is 16.0. The van der Waals surface area contributed by atoms with Crippen LogP contribution in [0.5, 0.6) is 5.75 Å². The minimum absolute atomic E-state index is 0.323. The van der Waals surface area contributed by atoms with E-state index in [9.17, 15) is 9.59 Å². The lowest BCUT2D eigenvalue weighted by atomic mass is 10.1. The summed E-state index contributed by atoms with van der Waals surface area (Å²) in [5.41, 5.74) is 0.685. The Balaban J connectivity index is 1.76. The van der Waals surface area contributed by atoms with E-state index in [1.807, 2.05) is 6.07 Å². The Morgan fingerprint density at radius 3 is 2.07 bits per heavy atom. The molecule has 144 valence electrons. The molecular weight excluding hydrogens is 340 g/mol. The highest BCUT2D eigenvalue weighted by atomic mass is 16.5. The first kappa shape index (κ1) is 20.7. The summed E-state index contributed by atoms with van der Waals surface area (Å²) >= 11 is 0. The molecule has 0 saturated carbocycles. The van der Waals surface area contributed by atoms with Crippen molar-refractivity contribution in [2.45, 2.75) is 51.9 Å². The van der Waals surface area contributed by atoms with E-state index in [1.54, 1.807) is 42.5 Å². The van der Waals surface area contributed by atoms with Crippen molar-refractivity contribution in [2.75, 3.05) is 6.61 Å². The molecular formula is C23H28O4. The molecule has 0 bridgehead atoms. The van der Waals surface area contributed by atoms with Gasteiger partial charge in [-0.1, -0.05) is 69.7 Å². The van der Waals surface area contributed by atoms with Crippen LogP contribution < -0.4 is 4.74 Å². The molecule has 0 aliphatic heterocycles. The lowest BCUT2D eigenvalue weighted by molar-refractivity contribution is 0.0497. The van der Waals surface area contributed by atoms with Gasteiger partial charge >= 0.3 is 11.9 Å². The zero-order valence-electron chi connectivity index (χ0n) is 16.0. The van der Waals surface area contributed by atoms with E-state index in [0.717, 1.165) is 12.8 Å². The van der Waals surface area contributed by atoms with Gasteiger partial charge in [-0.2, -0.15) is 0 Å². The molecule has 0 aromatic heterocycles. The van der Waals surface area contributed by atoms with Crippen molar-refractivity contribution in [3.8, 4) is 5.75 Å². The molecule has 4 heteroatoms. The maximum Gasteiger partial charge on any atom is 0.343 e. The lowest BCUT2D eigenvalue weighted by Crippen LogP contribution is -2.11. The molecule has 2 rings (SSSR count). The highest BCUT2D eigenvalue weighted by molar-refractivity contribution is 5.96. The Bertz CT molecular complexity index is 709. The summed E-state index contributed by atoms with van der Waals surface area (Å²) < 4.78 is 10.6. The van der Waals surface area contributed by atoms with Crippen molar-refractivity contribution in [1.29, 1.82) is 0 Å². The number of hydrogen-bond acceptors (Lipinski definition) is 4. The number of carbonyl (C=O) groups excluding carboxylic acids is 2. The first-order chi connectivity index (χ1) is 13.2. The molecule has 0 N–H and O–H groups in total. The van der Waals surface area contributed by atoms with Crippen LogP contribution in [0.4, 0.5) is 0 Å². The van der Waals surface area contributed by atoms with Gasteiger partial charge in [0.1, 0.15) is 5.75 Å². The predicted octanol–water partition coefficient (Wildman–Crippen LogP) is 5.81. The van der Waals surface area contributed by atoms with Gasteiger partial charge in [-0.3, -0.25) is 0 Å². The zero-order chi connectivity index (χ0) is 19.3. The molecule has 0 heterocycles. The molecule has 2 aromatic rings. The van der Waals surface area contributed by atoms with Crippen molar-refractivity contribution in [3.05, 3.63) is 65.7 Å². The number of ether oxygens (including phenoxy) is 2. The van der Waals surface area contributed by atoms with Crippen LogP contribution in [0.3, 0.4) is 0 Å². The molecule has 0 fully saturated rings. The molecule has 4 nitrogen and oxygen atoms in total. The average Bonchev–Trinajstić information content (AvgIpc) is 2.70. The highest BCUT2D eigenvalue weighted by Gasteiger charge is 2.13. The van der Waals surface area contributed by atoms with Gasteiger partial charge in [-0.15, -0.1) is 0 Å². The van der Waals surface area contributed by atoms with Crippen molar-refractivity contribution in [3.63, 3.8) is 0 Å². The fraction of sp³-hybridized carbons (Fsp3) is 0.391. The number of para-hydroxylation sites is 1. The predicted molar refractivity (Wildman–Crippen MR) is 106 cm³/mol. The van der Waals surface area contributed by atoms with E-state index < -0.39 is 11.9 Å². The Morgan fingerprint density at radius 1 is 0.741 bits per heavy atom.